The molecule has 0 bridgehead atoms. The second kappa shape index (κ2) is 7.03. The molecule has 0 unspecified atom stereocenters. The molecule has 144 valence electrons. The third kappa shape index (κ3) is 3.11. The first kappa shape index (κ1) is 18.1. The van der Waals surface area contributed by atoms with Crippen molar-refractivity contribution in [3.05, 3.63) is 56.9 Å². The molecule has 1 aliphatic heterocycles. The Morgan fingerprint density at radius 2 is 1.79 bits per heavy atom. The number of aromatic nitrogens is 4. The Morgan fingerprint density at radius 3 is 2.46 bits per heavy atom. The van der Waals surface area contributed by atoms with Crippen molar-refractivity contribution in [2.24, 2.45) is 7.05 Å². The first-order valence-corrected chi connectivity index (χ1v) is 9.27. The van der Waals surface area contributed by atoms with Crippen molar-refractivity contribution in [2.75, 3.05) is 13.1 Å². The second-order valence-electron chi connectivity index (χ2n) is 7.12. The van der Waals surface area contributed by atoms with E-state index < -0.39 is 11.2 Å². The van der Waals surface area contributed by atoms with Gasteiger partial charge in [-0.1, -0.05) is 29.8 Å². The number of hydrogen-bond acceptors (Lipinski definition) is 5. The first-order valence-electron chi connectivity index (χ1n) is 9.27. The molecule has 1 amide bonds. The van der Waals surface area contributed by atoms with Crippen molar-refractivity contribution < 1.29 is 4.79 Å². The van der Waals surface area contributed by atoms with Gasteiger partial charge in [0.05, 0.1) is 0 Å². The summed E-state index contributed by atoms with van der Waals surface area (Å²) in [6, 6.07) is 7.68. The number of hydrogen-bond donors (Lipinski definition) is 0. The van der Waals surface area contributed by atoms with Crippen LogP contribution in [0.2, 0.25) is 0 Å². The summed E-state index contributed by atoms with van der Waals surface area (Å²) in [5, 5.41) is 0.215. The maximum Gasteiger partial charge on any atom is 0.332 e. The van der Waals surface area contributed by atoms with Crippen LogP contribution in [0.3, 0.4) is 0 Å². The topological polar surface area (TPSA) is 90.1 Å². The zero-order valence-electron chi connectivity index (χ0n) is 15.9. The van der Waals surface area contributed by atoms with Gasteiger partial charge in [0.1, 0.15) is 11.9 Å². The average Bonchev–Trinajstić information content (AvgIpc) is 3.24. The Morgan fingerprint density at radius 1 is 1.11 bits per heavy atom. The number of benzene rings is 1. The lowest BCUT2D eigenvalue weighted by molar-refractivity contribution is -0.130. The van der Waals surface area contributed by atoms with E-state index in [1.54, 1.807) is 11.9 Å². The van der Waals surface area contributed by atoms with Gasteiger partial charge < -0.3 is 4.90 Å². The van der Waals surface area contributed by atoms with Gasteiger partial charge in [0.15, 0.2) is 11.5 Å². The molecule has 2 aromatic heterocycles. The van der Waals surface area contributed by atoms with E-state index in [-0.39, 0.29) is 23.5 Å². The van der Waals surface area contributed by atoms with Crippen LogP contribution in [0.25, 0.3) is 22.4 Å². The second-order valence-corrected chi connectivity index (χ2v) is 7.12. The SMILES string of the molecule is Cc1ccc(-c2ncc3c(=O)n(CC(=O)N4CCCC4)c(=O)n(C)c3n2)cc1. The molecule has 4 rings (SSSR count). The number of fused-ring (bicyclic) bond motifs is 1. The standard InChI is InChI=1S/C20H21N5O3/c1-13-5-7-14(8-6-13)17-21-11-15-18(22-17)23(2)20(28)25(19(15)27)12-16(26)24-9-3-4-10-24/h5-8,11H,3-4,9-10,12H2,1-2H3. The Kier molecular flexibility index (Phi) is 4.54. The normalized spacial score (nSPS) is 14.0. The third-order valence-electron chi connectivity index (χ3n) is 5.14. The van der Waals surface area contributed by atoms with Crippen molar-refractivity contribution >= 4 is 16.9 Å². The summed E-state index contributed by atoms with van der Waals surface area (Å²) in [6.07, 6.45) is 3.33. The van der Waals surface area contributed by atoms with Crippen LogP contribution >= 0.6 is 0 Å². The number of likely N-dealkylation sites (tertiary alicyclic amines) is 1. The molecule has 1 fully saturated rings. The highest BCUT2D eigenvalue weighted by molar-refractivity contribution is 5.78. The number of amides is 1. The van der Waals surface area contributed by atoms with Crippen molar-refractivity contribution in [3.63, 3.8) is 0 Å². The minimum Gasteiger partial charge on any atom is -0.341 e. The summed E-state index contributed by atoms with van der Waals surface area (Å²) in [5.74, 6) is 0.223. The fraction of sp³-hybridized carbons (Fsp3) is 0.350. The lowest BCUT2D eigenvalue weighted by Crippen LogP contribution is -2.44. The van der Waals surface area contributed by atoms with E-state index >= 15 is 0 Å². The lowest BCUT2D eigenvalue weighted by Gasteiger charge is -2.16. The van der Waals surface area contributed by atoms with Gasteiger partial charge in [-0.05, 0) is 19.8 Å². The van der Waals surface area contributed by atoms with E-state index in [0.717, 1.165) is 28.5 Å². The highest BCUT2D eigenvalue weighted by Crippen LogP contribution is 2.17. The third-order valence-corrected chi connectivity index (χ3v) is 5.14. The average molecular weight is 379 g/mol. The Bertz CT molecular complexity index is 1170. The van der Waals surface area contributed by atoms with Crippen LogP contribution in [0.1, 0.15) is 18.4 Å². The van der Waals surface area contributed by atoms with Gasteiger partial charge in [-0.2, -0.15) is 0 Å². The fourth-order valence-corrected chi connectivity index (χ4v) is 3.47. The number of nitrogens with zero attached hydrogens (tertiary/aromatic N) is 5. The summed E-state index contributed by atoms with van der Waals surface area (Å²) >= 11 is 0. The van der Waals surface area contributed by atoms with E-state index in [2.05, 4.69) is 9.97 Å². The predicted molar refractivity (Wildman–Crippen MR) is 105 cm³/mol. The zero-order chi connectivity index (χ0) is 19.8. The first-order chi connectivity index (χ1) is 13.5. The van der Waals surface area contributed by atoms with Crippen LogP contribution < -0.4 is 11.2 Å². The molecule has 0 aliphatic carbocycles. The lowest BCUT2D eigenvalue weighted by atomic mass is 10.1. The van der Waals surface area contributed by atoms with E-state index in [4.69, 9.17) is 0 Å². The van der Waals surface area contributed by atoms with Gasteiger partial charge in [-0.25, -0.2) is 14.8 Å². The number of carbonyl (C=O) groups excluding carboxylic acids is 1. The van der Waals surface area contributed by atoms with Gasteiger partial charge in [0.2, 0.25) is 5.91 Å². The Balaban J connectivity index is 1.79. The molecule has 1 aromatic carbocycles. The molecule has 3 heterocycles. The quantitative estimate of drug-likeness (QED) is 0.679. The molecular weight excluding hydrogens is 358 g/mol. The molecule has 8 nitrogen and oxygen atoms in total. The molecule has 8 heteroatoms. The maximum atomic E-state index is 12.8. The van der Waals surface area contributed by atoms with Crippen LogP contribution in [-0.4, -0.2) is 43.0 Å². The molecule has 0 N–H and O–H groups in total. The summed E-state index contributed by atoms with van der Waals surface area (Å²) in [4.78, 5) is 48.4. The molecule has 3 aromatic rings. The molecule has 28 heavy (non-hydrogen) atoms. The highest BCUT2D eigenvalue weighted by Gasteiger charge is 2.21. The molecule has 0 spiro atoms. The van der Waals surface area contributed by atoms with Gasteiger partial charge in [0, 0.05) is 31.9 Å². The number of carbonyl (C=O) groups is 1. The predicted octanol–water partition coefficient (Wildman–Crippen LogP) is 1.09. The summed E-state index contributed by atoms with van der Waals surface area (Å²) in [6.45, 7) is 3.07. The van der Waals surface area contributed by atoms with Crippen LogP contribution in [0.15, 0.2) is 40.1 Å². The van der Waals surface area contributed by atoms with Crippen LogP contribution in [0, 0.1) is 6.92 Å². The highest BCUT2D eigenvalue weighted by atomic mass is 16.2. The van der Waals surface area contributed by atoms with Crippen molar-refractivity contribution in [1.82, 2.24) is 24.0 Å². The van der Waals surface area contributed by atoms with Crippen molar-refractivity contribution in [3.8, 4) is 11.4 Å². The molecule has 1 saturated heterocycles. The zero-order valence-corrected chi connectivity index (χ0v) is 15.9. The largest absolute Gasteiger partial charge is 0.341 e. The summed E-state index contributed by atoms with van der Waals surface area (Å²) < 4.78 is 2.27. The van der Waals surface area contributed by atoms with Crippen molar-refractivity contribution in [1.29, 1.82) is 0 Å². The van der Waals surface area contributed by atoms with Crippen LogP contribution in [0.4, 0.5) is 0 Å². The minimum absolute atomic E-state index is 0.215. The van der Waals surface area contributed by atoms with Gasteiger partial charge in [-0.3, -0.25) is 18.7 Å². The monoisotopic (exact) mass is 379 g/mol. The number of aryl methyl sites for hydroxylation is 2. The van der Waals surface area contributed by atoms with Gasteiger partial charge in [0.25, 0.3) is 5.56 Å². The molecule has 1 aliphatic rings. The Labute approximate surface area is 161 Å². The van der Waals surface area contributed by atoms with E-state index in [1.165, 1.54) is 10.8 Å². The van der Waals surface area contributed by atoms with Gasteiger partial charge in [-0.15, -0.1) is 0 Å². The molecule has 0 radical (unpaired) electrons. The smallest absolute Gasteiger partial charge is 0.332 e. The summed E-state index contributed by atoms with van der Waals surface area (Å²) in [7, 11) is 1.55. The minimum atomic E-state index is -0.557. The van der Waals surface area contributed by atoms with E-state index in [9.17, 15) is 14.4 Å². The molecule has 0 saturated carbocycles. The number of rotatable bonds is 3. The van der Waals surface area contributed by atoms with E-state index in [1.807, 2.05) is 31.2 Å². The van der Waals surface area contributed by atoms with Gasteiger partial charge >= 0.3 is 5.69 Å². The van der Waals surface area contributed by atoms with E-state index in [0.29, 0.717) is 18.9 Å². The van der Waals surface area contributed by atoms with Crippen LogP contribution in [-0.2, 0) is 18.4 Å². The fourth-order valence-electron chi connectivity index (χ4n) is 3.47. The Hall–Kier alpha value is -3.29. The van der Waals surface area contributed by atoms with Crippen LogP contribution in [0.5, 0.6) is 0 Å². The molecular formula is C20H21N5O3. The summed E-state index contributed by atoms with van der Waals surface area (Å²) in [5.41, 5.74) is 1.07. The van der Waals surface area contributed by atoms with Crippen molar-refractivity contribution in [2.45, 2.75) is 26.3 Å². The maximum absolute atomic E-state index is 12.8. The molecule has 0 atom stereocenters.